The summed E-state index contributed by atoms with van der Waals surface area (Å²) in [4.78, 5) is 14.1. The van der Waals surface area contributed by atoms with Crippen LogP contribution in [-0.4, -0.2) is 48.7 Å². The van der Waals surface area contributed by atoms with Gasteiger partial charge in [-0.05, 0) is 18.9 Å². The van der Waals surface area contributed by atoms with Gasteiger partial charge in [0, 0.05) is 32.5 Å². The monoisotopic (exact) mass is 260 g/mol. The molecule has 2 aromatic heterocycles. The third kappa shape index (κ3) is 2.35. The van der Waals surface area contributed by atoms with Crippen molar-refractivity contribution in [2.75, 3.05) is 13.1 Å². The molecule has 1 atom stereocenters. The molecule has 0 aliphatic carbocycles. The number of rotatable bonds is 2. The van der Waals surface area contributed by atoms with E-state index >= 15 is 0 Å². The lowest BCUT2D eigenvalue weighted by molar-refractivity contribution is 0.0667. The first-order valence-electron chi connectivity index (χ1n) is 6.39. The standard InChI is InChI=1S/C12H16N6O/c1-16-9-11(14-15-16)12(19)17-6-2-4-10(8-17)18-7-3-5-13-18/h3,5,7,9-10H,2,4,6,8H2,1H3. The second kappa shape index (κ2) is 4.83. The van der Waals surface area contributed by atoms with Crippen LogP contribution in [0.2, 0.25) is 0 Å². The molecule has 0 N–H and O–H groups in total. The summed E-state index contributed by atoms with van der Waals surface area (Å²) in [7, 11) is 1.76. The van der Waals surface area contributed by atoms with Crippen LogP contribution in [0.4, 0.5) is 0 Å². The molecule has 3 heterocycles. The maximum absolute atomic E-state index is 12.3. The molecule has 1 aliphatic heterocycles. The van der Waals surface area contributed by atoms with E-state index in [1.807, 2.05) is 21.8 Å². The lowest BCUT2D eigenvalue weighted by Crippen LogP contribution is -2.41. The Kier molecular flexibility index (Phi) is 3.02. The van der Waals surface area contributed by atoms with Crippen molar-refractivity contribution in [3.8, 4) is 0 Å². The zero-order valence-corrected chi connectivity index (χ0v) is 10.8. The number of aromatic nitrogens is 5. The van der Waals surface area contributed by atoms with E-state index in [1.54, 1.807) is 24.1 Å². The van der Waals surface area contributed by atoms with Gasteiger partial charge in [0.2, 0.25) is 0 Å². The zero-order chi connectivity index (χ0) is 13.2. The molecule has 0 aromatic carbocycles. The highest BCUT2D eigenvalue weighted by atomic mass is 16.2. The van der Waals surface area contributed by atoms with Crippen LogP contribution < -0.4 is 0 Å². The van der Waals surface area contributed by atoms with Crippen molar-refractivity contribution in [3.05, 3.63) is 30.4 Å². The molecule has 1 saturated heterocycles. The van der Waals surface area contributed by atoms with Gasteiger partial charge in [-0.15, -0.1) is 5.10 Å². The second-order valence-electron chi connectivity index (χ2n) is 4.81. The van der Waals surface area contributed by atoms with Crippen LogP contribution in [0.3, 0.4) is 0 Å². The normalized spacial score (nSPS) is 19.6. The first kappa shape index (κ1) is 11.9. The Morgan fingerprint density at radius 1 is 1.47 bits per heavy atom. The molecule has 7 nitrogen and oxygen atoms in total. The predicted octanol–water partition coefficient (Wildman–Crippen LogP) is 0.489. The van der Waals surface area contributed by atoms with Gasteiger partial charge in [0.15, 0.2) is 5.69 Å². The molecule has 19 heavy (non-hydrogen) atoms. The summed E-state index contributed by atoms with van der Waals surface area (Å²) in [6, 6.07) is 2.16. The molecule has 1 aliphatic rings. The predicted molar refractivity (Wildman–Crippen MR) is 67.4 cm³/mol. The molecule has 1 amide bonds. The molecule has 2 aromatic rings. The van der Waals surface area contributed by atoms with E-state index in [1.165, 1.54) is 0 Å². The Bertz CT molecular complexity index is 561. The number of aryl methyl sites for hydroxylation is 1. The van der Waals surface area contributed by atoms with E-state index < -0.39 is 0 Å². The number of nitrogens with zero attached hydrogens (tertiary/aromatic N) is 6. The average Bonchev–Trinajstić information content (AvgIpc) is 3.09. The van der Waals surface area contributed by atoms with Gasteiger partial charge in [0.1, 0.15) is 0 Å². The first-order valence-corrected chi connectivity index (χ1v) is 6.39. The van der Waals surface area contributed by atoms with Crippen LogP contribution in [-0.2, 0) is 7.05 Å². The number of hydrogen-bond donors (Lipinski definition) is 0. The van der Waals surface area contributed by atoms with E-state index in [-0.39, 0.29) is 11.9 Å². The number of hydrogen-bond acceptors (Lipinski definition) is 4. The molecule has 0 radical (unpaired) electrons. The molecule has 1 unspecified atom stereocenters. The Morgan fingerprint density at radius 2 is 2.37 bits per heavy atom. The maximum atomic E-state index is 12.3. The largest absolute Gasteiger partial charge is 0.335 e. The molecular weight excluding hydrogens is 244 g/mol. The molecule has 0 saturated carbocycles. The van der Waals surface area contributed by atoms with E-state index in [9.17, 15) is 4.79 Å². The van der Waals surface area contributed by atoms with E-state index in [0.717, 1.165) is 19.4 Å². The number of carbonyl (C=O) groups excluding carboxylic acids is 1. The van der Waals surface area contributed by atoms with Gasteiger partial charge in [-0.1, -0.05) is 5.21 Å². The number of piperidine rings is 1. The number of carbonyl (C=O) groups is 1. The van der Waals surface area contributed by atoms with Crippen LogP contribution in [0.15, 0.2) is 24.7 Å². The van der Waals surface area contributed by atoms with Gasteiger partial charge >= 0.3 is 0 Å². The summed E-state index contributed by atoms with van der Waals surface area (Å²) >= 11 is 0. The van der Waals surface area contributed by atoms with Crippen LogP contribution in [0, 0.1) is 0 Å². The summed E-state index contributed by atoms with van der Waals surface area (Å²) in [6.45, 7) is 1.45. The van der Waals surface area contributed by atoms with Crippen LogP contribution in [0.5, 0.6) is 0 Å². The van der Waals surface area contributed by atoms with Crippen LogP contribution >= 0.6 is 0 Å². The SMILES string of the molecule is Cn1cc(C(=O)N2CCCC(n3cccn3)C2)nn1. The number of amides is 1. The summed E-state index contributed by atoms with van der Waals surface area (Å²) in [5, 5.41) is 11.9. The Hall–Kier alpha value is -2.18. The summed E-state index contributed by atoms with van der Waals surface area (Å²) in [5.41, 5.74) is 0.406. The van der Waals surface area contributed by atoms with Gasteiger partial charge in [0.05, 0.1) is 12.2 Å². The van der Waals surface area contributed by atoms with Gasteiger partial charge in [-0.3, -0.25) is 14.2 Å². The highest BCUT2D eigenvalue weighted by Crippen LogP contribution is 2.21. The van der Waals surface area contributed by atoms with Crippen molar-refractivity contribution < 1.29 is 4.79 Å². The topological polar surface area (TPSA) is 68.8 Å². The summed E-state index contributed by atoms with van der Waals surface area (Å²) in [5.74, 6) is -0.0510. The van der Waals surface area contributed by atoms with Crippen LogP contribution in [0.25, 0.3) is 0 Å². The van der Waals surface area contributed by atoms with Gasteiger partial charge in [0.25, 0.3) is 5.91 Å². The quantitative estimate of drug-likeness (QED) is 0.788. The highest BCUT2D eigenvalue weighted by molar-refractivity contribution is 5.92. The van der Waals surface area contributed by atoms with Crippen molar-refractivity contribution >= 4 is 5.91 Å². The van der Waals surface area contributed by atoms with Gasteiger partial charge in [-0.25, -0.2) is 0 Å². The minimum atomic E-state index is -0.0510. The minimum Gasteiger partial charge on any atom is -0.335 e. The molecule has 0 spiro atoms. The van der Waals surface area contributed by atoms with Crippen LogP contribution in [0.1, 0.15) is 29.4 Å². The first-order chi connectivity index (χ1) is 9.24. The summed E-state index contributed by atoms with van der Waals surface area (Å²) < 4.78 is 3.47. The minimum absolute atomic E-state index is 0.0510. The average molecular weight is 260 g/mol. The fourth-order valence-electron chi connectivity index (χ4n) is 2.46. The van der Waals surface area contributed by atoms with Crippen molar-refractivity contribution in [1.29, 1.82) is 0 Å². The number of likely N-dealkylation sites (tertiary alicyclic amines) is 1. The van der Waals surface area contributed by atoms with E-state index in [0.29, 0.717) is 12.2 Å². The molecule has 7 heteroatoms. The highest BCUT2D eigenvalue weighted by Gasteiger charge is 2.26. The van der Waals surface area contributed by atoms with E-state index in [2.05, 4.69) is 15.4 Å². The lowest BCUT2D eigenvalue weighted by atomic mass is 10.1. The fourth-order valence-corrected chi connectivity index (χ4v) is 2.46. The lowest BCUT2D eigenvalue weighted by Gasteiger charge is -2.32. The Morgan fingerprint density at radius 3 is 3.05 bits per heavy atom. The maximum Gasteiger partial charge on any atom is 0.276 e. The molecule has 1 fully saturated rings. The van der Waals surface area contributed by atoms with Crippen molar-refractivity contribution in [1.82, 2.24) is 29.7 Å². The third-order valence-electron chi connectivity index (χ3n) is 3.40. The Labute approximate surface area is 110 Å². The smallest absolute Gasteiger partial charge is 0.276 e. The van der Waals surface area contributed by atoms with E-state index in [4.69, 9.17) is 0 Å². The van der Waals surface area contributed by atoms with Gasteiger partial charge in [-0.2, -0.15) is 5.10 Å². The fraction of sp³-hybridized carbons (Fsp3) is 0.500. The van der Waals surface area contributed by atoms with Crippen molar-refractivity contribution in [2.45, 2.75) is 18.9 Å². The van der Waals surface area contributed by atoms with Crippen molar-refractivity contribution in [3.63, 3.8) is 0 Å². The van der Waals surface area contributed by atoms with Crippen molar-refractivity contribution in [2.24, 2.45) is 7.05 Å². The molecule has 0 bridgehead atoms. The molecule has 100 valence electrons. The summed E-state index contributed by atoms with van der Waals surface area (Å²) in [6.07, 6.45) is 7.40. The van der Waals surface area contributed by atoms with Gasteiger partial charge < -0.3 is 4.90 Å². The second-order valence-corrected chi connectivity index (χ2v) is 4.81. The molecular formula is C12H16N6O. The third-order valence-corrected chi connectivity index (χ3v) is 3.40. The zero-order valence-electron chi connectivity index (χ0n) is 10.8. The Balaban J connectivity index is 1.73. The molecule has 3 rings (SSSR count).